The first-order valence-electron chi connectivity index (χ1n) is 8.74. The van der Waals surface area contributed by atoms with Crippen LogP contribution in [0, 0.1) is 21.4 Å². The van der Waals surface area contributed by atoms with Crippen molar-refractivity contribution in [2.24, 2.45) is 0 Å². The summed E-state index contributed by atoms with van der Waals surface area (Å²) in [7, 11) is 0. The third kappa shape index (κ3) is 5.37. The second-order valence-corrected chi connectivity index (χ2v) is 6.17. The number of ether oxygens (including phenoxy) is 1. The first kappa shape index (κ1) is 19.5. The van der Waals surface area contributed by atoms with Gasteiger partial charge in [0.25, 0.3) is 5.69 Å². The zero-order chi connectivity index (χ0) is 20.6. The number of non-ortho nitro benzene ring substituents is 1. The number of nitrogens with zero attached hydrogens (tertiary/aromatic N) is 2. The topological polar surface area (TPSA) is 93.2 Å². The van der Waals surface area contributed by atoms with Gasteiger partial charge in [0.1, 0.15) is 12.4 Å². The van der Waals surface area contributed by atoms with E-state index in [4.69, 9.17) is 10.00 Å². The summed E-state index contributed by atoms with van der Waals surface area (Å²) in [6.45, 7) is 0.324. The van der Waals surface area contributed by atoms with E-state index in [1.54, 1.807) is 30.3 Å². The highest BCUT2D eigenvalue weighted by Gasteiger charge is 2.07. The van der Waals surface area contributed by atoms with Gasteiger partial charge < -0.3 is 4.74 Å². The van der Waals surface area contributed by atoms with Crippen LogP contribution in [0.3, 0.4) is 0 Å². The lowest BCUT2D eigenvalue weighted by Gasteiger charge is -2.07. The number of rotatable bonds is 7. The molecule has 6 nitrogen and oxygen atoms in total. The van der Waals surface area contributed by atoms with E-state index < -0.39 is 4.92 Å². The van der Waals surface area contributed by atoms with E-state index in [-0.39, 0.29) is 11.5 Å². The summed E-state index contributed by atoms with van der Waals surface area (Å²) in [4.78, 5) is 22.4. The summed E-state index contributed by atoms with van der Waals surface area (Å²) in [5.74, 6) is 0.386. The number of benzene rings is 3. The molecule has 0 amide bonds. The average molecular weight is 384 g/mol. The predicted molar refractivity (Wildman–Crippen MR) is 108 cm³/mol. The minimum Gasteiger partial charge on any atom is -0.489 e. The summed E-state index contributed by atoms with van der Waals surface area (Å²) < 4.78 is 5.77. The molecule has 0 bridgehead atoms. The maximum Gasteiger partial charge on any atom is 0.269 e. The van der Waals surface area contributed by atoms with Crippen molar-refractivity contribution in [3.8, 4) is 11.8 Å². The average Bonchev–Trinajstić information content (AvgIpc) is 2.76. The van der Waals surface area contributed by atoms with Gasteiger partial charge in [-0.15, -0.1) is 0 Å². The normalized spacial score (nSPS) is 10.4. The van der Waals surface area contributed by atoms with Crippen molar-refractivity contribution in [1.82, 2.24) is 0 Å². The number of hydrogen-bond acceptors (Lipinski definition) is 5. The van der Waals surface area contributed by atoms with Gasteiger partial charge in [-0.3, -0.25) is 14.9 Å². The van der Waals surface area contributed by atoms with Crippen LogP contribution in [0.1, 0.15) is 27.0 Å². The lowest BCUT2D eigenvalue weighted by Crippen LogP contribution is -1.96. The molecule has 0 aromatic heterocycles. The molecular weight excluding hydrogens is 368 g/mol. The van der Waals surface area contributed by atoms with E-state index >= 15 is 0 Å². The van der Waals surface area contributed by atoms with Crippen LogP contribution in [-0.2, 0) is 6.61 Å². The van der Waals surface area contributed by atoms with Gasteiger partial charge in [-0.25, -0.2) is 0 Å². The number of nitriles is 1. The van der Waals surface area contributed by atoms with Crippen molar-refractivity contribution >= 4 is 17.5 Å². The second-order valence-electron chi connectivity index (χ2n) is 6.17. The maximum atomic E-state index is 12.2. The van der Waals surface area contributed by atoms with Gasteiger partial charge in [-0.05, 0) is 53.6 Å². The molecule has 0 aliphatic rings. The first-order chi connectivity index (χ1) is 14.0. The van der Waals surface area contributed by atoms with Crippen molar-refractivity contribution in [2.75, 3.05) is 0 Å². The SMILES string of the molecule is N#Cc1cccc(COc2cccc(/C=C/C(=O)c3ccc([N+](=O)[O-])cc3)c2)c1. The molecule has 0 N–H and O–H groups in total. The Balaban J connectivity index is 1.65. The molecular formula is C23H16N2O4. The summed E-state index contributed by atoms with van der Waals surface area (Å²) >= 11 is 0. The Labute approximate surface area is 167 Å². The zero-order valence-corrected chi connectivity index (χ0v) is 15.3. The van der Waals surface area contributed by atoms with Gasteiger partial charge in [-0.1, -0.05) is 30.3 Å². The van der Waals surface area contributed by atoms with E-state index in [2.05, 4.69) is 6.07 Å². The minimum atomic E-state index is -0.508. The van der Waals surface area contributed by atoms with Crippen LogP contribution in [0.5, 0.6) is 5.75 Å². The first-order valence-corrected chi connectivity index (χ1v) is 8.74. The Bertz CT molecular complexity index is 1110. The third-order valence-electron chi connectivity index (χ3n) is 4.11. The molecule has 0 saturated heterocycles. The fourth-order valence-corrected chi connectivity index (χ4v) is 2.62. The number of carbonyl (C=O) groups excluding carboxylic acids is 1. The lowest BCUT2D eigenvalue weighted by atomic mass is 10.1. The van der Waals surface area contributed by atoms with Crippen LogP contribution in [0.15, 0.2) is 78.9 Å². The van der Waals surface area contributed by atoms with Gasteiger partial charge >= 0.3 is 0 Å². The highest BCUT2D eigenvalue weighted by Crippen LogP contribution is 2.18. The van der Waals surface area contributed by atoms with Gasteiger partial charge in [0.2, 0.25) is 0 Å². The molecule has 3 aromatic carbocycles. The highest BCUT2D eigenvalue weighted by atomic mass is 16.6. The van der Waals surface area contributed by atoms with E-state index in [0.717, 1.165) is 11.1 Å². The van der Waals surface area contributed by atoms with Gasteiger partial charge in [-0.2, -0.15) is 5.26 Å². The standard InChI is InChI=1S/C23H16N2O4/c24-15-18-4-1-5-19(13-18)16-29-22-6-2-3-17(14-22)7-12-23(26)20-8-10-21(11-9-20)25(27)28/h1-14H,16H2/b12-7+. The summed E-state index contributed by atoms with van der Waals surface area (Å²) in [5.41, 5.74) is 2.56. The van der Waals surface area contributed by atoms with Crippen molar-refractivity contribution in [3.05, 3.63) is 111 Å². The van der Waals surface area contributed by atoms with Gasteiger partial charge in [0.15, 0.2) is 5.78 Å². The predicted octanol–water partition coefficient (Wildman–Crippen LogP) is 4.94. The fraction of sp³-hybridized carbons (Fsp3) is 0.0435. The van der Waals surface area contributed by atoms with Crippen LogP contribution in [0.25, 0.3) is 6.08 Å². The molecule has 0 atom stereocenters. The molecule has 0 spiro atoms. The third-order valence-corrected chi connectivity index (χ3v) is 4.11. The monoisotopic (exact) mass is 384 g/mol. The Hall–Kier alpha value is -4.24. The Kier molecular flexibility index (Phi) is 6.13. The molecule has 142 valence electrons. The minimum absolute atomic E-state index is 0.0595. The molecule has 0 unspecified atom stereocenters. The van der Waals surface area contributed by atoms with Crippen LogP contribution < -0.4 is 4.74 Å². The molecule has 3 rings (SSSR count). The number of hydrogen-bond donors (Lipinski definition) is 0. The molecule has 6 heteroatoms. The summed E-state index contributed by atoms with van der Waals surface area (Å²) in [6.07, 6.45) is 3.07. The van der Waals surface area contributed by atoms with Gasteiger partial charge in [0.05, 0.1) is 16.6 Å². The number of carbonyl (C=O) groups is 1. The number of allylic oxidation sites excluding steroid dienone is 1. The van der Waals surface area contributed by atoms with Crippen LogP contribution in [0.2, 0.25) is 0 Å². The van der Waals surface area contributed by atoms with E-state index in [1.165, 1.54) is 30.3 Å². The van der Waals surface area contributed by atoms with E-state index in [0.29, 0.717) is 23.5 Å². The van der Waals surface area contributed by atoms with Crippen molar-refractivity contribution in [2.45, 2.75) is 6.61 Å². The van der Waals surface area contributed by atoms with Crippen LogP contribution in [-0.4, -0.2) is 10.7 Å². The van der Waals surface area contributed by atoms with Crippen molar-refractivity contribution in [1.29, 1.82) is 5.26 Å². The molecule has 0 fully saturated rings. The molecule has 29 heavy (non-hydrogen) atoms. The maximum absolute atomic E-state index is 12.2. The number of nitro benzene ring substituents is 1. The smallest absolute Gasteiger partial charge is 0.269 e. The molecule has 0 aliphatic heterocycles. The van der Waals surface area contributed by atoms with Crippen molar-refractivity contribution < 1.29 is 14.5 Å². The zero-order valence-electron chi connectivity index (χ0n) is 15.3. The molecule has 0 aliphatic carbocycles. The van der Waals surface area contributed by atoms with E-state index in [1.807, 2.05) is 24.3 Å². The molecule has 3 aromatic rings. The lowest BCUT2D eigenvalue weighted by molar-refractivity contribution is -0.384. The Morgan fingerprint density at radius 3 is 2.55 bits per heavy atom. The largest absolute Gasteiger partial charge is 0.489 e. The van der Waals surface area contributed by atoms with Gasteiger partial charge in [0, 0.05) is 17.7 Å². The quantitative estimate of drug-likeness (QED) is 0.249. The van der Waals surface area contributed by atoms with Crippen LogP contribution >= 0.6 is 0 Å². The van der Waals surface area contributed by atoms with Crippen molar-refractivity contribution in [3.63, 3.8) is 0 Å². The summed E-state index contributed by atoms with van der Waals surface area (Å²) in [6, 6.07) is 22.0. The molecule has 0 heterocycles. The number of ketones is 1. The molecule has 0 saturated carbocycles. The Morgan fingerprint density at radius 2 is 1.83 bits per heavy atom. The fourth-order valence-electron chi connectivity index (χ4n) is 2.62. The second kappa shape index (κ2) is 9.11. The highest BCUT2D eigenvalue weighted by molar-refractivity contribution is 6.06. The van der Waals surface area contributed by atoms with E-state index in [9.17, 15) is 14.9 Å². The Morgan fingerprint density at radius 1 is 1.07 bits per heavy atom. The molecule has 0 radical (unpaired) electrons. The number of nitro groups is 1. The summed E-state index contributed by atoms with van der Waals surface area (Å²) in [5, 5.41) is 19.6. The van der Waals surface area contributed by atoms with Crippen LogP contribution in [0.4, 0.5) is 5.69 Å².